The number of hydrogen-bond donors (Lipinski definition) is 2. The van der Waals surface area contributed by atoms with Gasteiger partial charge in [0.1, 0.15) is 0 Å². The fraction of sp³-hybridized carbons (Fsp3) is 0.250. The minimum Gasteiger partial charge on any atom is -0.371 e. The second-order valence-electron chi connectivity index (χ2n) is 1.77. The first-order valence-electron chi connectivity index (χ1n) is 2.54. The van der Waals surface area contributed by atoms with Crippen molar-refractivity contribution < 1.29 is 18.1 Å². The maximum absolute atomic E-state index is 10.3. The molecule has 0 amide bonds. The second kappa shape index (κ2) is 2.86. The van der Waals surface area contributed by atoms with E-state index < -0.39 is 15.6 Å². The lowest BCUT2D eigenvalue weighted by atomic mass is 10.6. The van der Waals surface area contributed by atoms with Gasteiger partial charge in [-0.3, -0.25) is 9.54 Å². The van der Waals surface area contributed by atoms with Crippen LogP contribution in [0.3, 0.4) is 0 Å². The van der Waals surface area contributed by atoms with Crippen LogP contribution in [0.2, 0.25) is 0 Å². The van der Waals surface area contributed by atoms with Crippen LogP contribution in [0.15, 0.2) is 11.7 Å². The summed E-state index contributed by atoms with van der Waals surface area (Å²) in [6, 6.07) is 0. The van der Waals surface area contributed by atoms with Crippen LogP contribution in [-0.4, -0.2) is 23.1 Å². The van der Waals surface area contributed by atoms with Crippen molar-refractivity contribution in [2.24, 2.45) is 0 Å². The minimum absolute atomic E-state index is 0.104. The highest BCUT2D eigenvalue weighted by Gasteiger charge is 2.22. The van der Waals surface area contributed by atoms with Crippen molar-refractivity contribution >= 4 is 21.5 Å². The van der Waals surface area contributed by atoms with Crippen LogP contribution < -0.4 is 0 Å². The number of aromatic nitrogens is 1. The van der Waals surface area contributed by atoms with Crippen molar-refractivity contribution in [2.45, 2.75) is 5.44 Å². The zero-order valence-electron chi connectivity index (χ0n) is 5.21. The molecule has 1 aromatic heterocycles. The van der Waals surface area contributed by atoms with Gasteiger partial charge in [-0.05, 0) is 0 Å². The minimum atomic E-state index is -4.40. The predicted octanol–water partition coefficient (Wildman–Crippen LogP) is 0.0218. The Kier molecular flexibility index (Phi) is 2.23. The Hall–Kier alpha value is -0.500. The predicted molar refractivity (Wildman–Crippen MR) is 38.6 cm³/mol. The van der Waals surface area contributed by atoms with Crippen molar-refractivity contribution in [3.63, 3.8) is 0 Å². The van der Waals surface area contributed by atoms with Gasteiger partial charge in [-0.25, -0.2) is 0 Å². The largest absolute Gasteiger partial charge is 0.371 e. The molecule has 1 aromatic rings. The first-order chi connectivity index (χ1) is 5.02. The first kappa shape index (κ1) is 8.60. The number of rotatable bonds is 2. The maximum atomic E-state index is 10.3. The SMILES string of the molecule is O=S(=O)(O)C(O)c1cncs1. The van der Waals surface area contributed by atoms with E-state index in [1.54, 1.807) is 0 Å². The number of aliphatic hydroxyl groups excluding tert-OH is 1. The summed E-state index contributed by atoms with van der Waals surface area (Å²) in [7, 11) is -4.40. The standard InChI is InChI=1S/C4H5NO4S2/c6-4(11(7,8)9)3-1-5-2-10-3/h1-2,4,6H,(H,7,8,9). The lowest BCUT2D eigenvalue weighted by molar-refractivity contribution is 0.241. The van der Waals surface area contributed by atoms with Gasteiger partial charge < -0.3 is 5.11 Å². The third kappa shape index (κ3) is 1.96. The van der Waals surface area contributed by atoms with Gasteiger partial charge >= 0.3 is 0 Å². The fourth-order valence-corrected chi connectivity index (χ4v) is 1.86. The molecule has 1 rings (SSSR count). The van der Waals surface area contributed by atoms with Gasteiger partial charge in [-0.15, -0.1) is 11.3 Å². The number of nitrogens with zero attached hydrogens (tertiary/aromatic N) is 1. The summed E-state index contributed by atoms with van der Waals surface area (Å²) >= 11 is 0.958. The molecule has 0 spiro atoms. The van der Waals surface area contributed by atoms with Crippen molar-refractivity contribution in [1.29, 1.82) is 0 Å². The molecule has 2 N–H and O–H groups in total. The highest BCUT2D eigenvalue weighted by Crippen LogP contribution is 2.20. The lowest BCUT2D eigenvalue weighted by Crippen LogP contribution is -2.09. The molecule has 0 aliphatic carbocycles. The van der Waals surface area contributed by atoms with Gasteiger partial charge in [-0.2, -0.15) is 8.42 Å². The van der Waals surface area contributed by atoms with E-state index in [4.69, 9.17) is 9.66 Å². The molecule has 0 radical (unpaired) electrons. The van der Waals surface area contributed by atoms with E-state index in [1.165, 1.54) is 11.7 Å². The molecule has 1 unspecified atom stereocenters. The zero-order chi connectivity index (χ0) is 8.48. The van der Waals surface area contributed by atoms with Crippen LogP contribution in [-0.2, 0) is 10.1 Å². The average molecular weight is 195 g/mol. The first-order valence-corrected chi connectivity index (χ1v) is 4.93. The monoisotopic (exact) mass is 195 g/mol. The van der Waals surface area contributed by atoms with Crippen LogP contribution in [0.25, 0.3) is 0 Å². The molecular weight excluding hydrogens is 190 g/mol. The number of aliphatic hydroxyl groups is 1. The molecule has 0 aromatic carbocycles. The number of thiazole rings is 1. The molecule has 0 aliphatic rings. The zero-order valence-corrected chi connectivity index (χ0v) is 6.84. The molecule has 5 nitrogen and oxygen atoms in total. The highest BCUT2D eigenvalue weighted by atomic mass is 32.2. The van der Waals surface area contributed by atoms with E-state index in [9.17, 15) is 8.42 Å². The summed E-state index contributed by atoms with van der Waals surface area (Å²) in [6.07, 6.45) is 1.18. The Morgan fingerprint density at radius 3 is 2.64 bits per heavy atom. The molecular formula is C4H5NO4S2. The van der Waals surface area contributed by atoms with Gasteiger partial charge in [0.2, 0.25) is 5.44 Å². The normalized spacial score (nSPS) is 14.7. The smallest absolute Gasteiger partial charge is 0.297 e. The van der Waals surface area contributed by atoms with Crippen LogP contribution in [0, 0.1) is 0 Å². The molecule has 1 atom stereocenters. The van der Waals surface area contributed by atoms with Gasteiger partial charge in [0.05, 0.1) is 10.4 Å². The third-order valence-electron chi connectivity index (χ3n) is 0.977. The summed E-state index contributed by atoms with van der Waals surface area (Å²) in [4.78, 5) is 3.64. The maximum Gasteiger partial charge on any atom is 0.297 e. The molecule has 11 heavy (non-hydrogen) atoms. The molecule has 0 bridgehead atoms. The highest BCUT2D eigenvalue weighted by molar-refractivity contribution is 7.86. The van der Waals surface area contributed by atoms with E-state index in [0.717, 1.165) is 11.3 Å². The van der Waals surface area contributed by atoms with Gasteiger partial charge in [-0.1, -0.05) is 0 Å². The molecule has 0 aliphatic heterocycles. The summed E-state index contributed by atoms with van der Waals surface area (Å²) in [6.45, 7) is 0. The van der Waals surface area contributed by atoms with Crippen molar-refractivity contribution in [1.82, 2.24) is 4.98 Å². The van der Waals surface area contributed by atoms with Crippen LogP contribution in [0.1, 0.15) is 10.3 Å². The molecule has 0 saturated heterocycles. The Morgan fingerprint density at radius 2 is 2.27 bits per heavy atom. The fourth-order valence-electron chi connectivity index (χ4n) is 0.494. The van der Waals surface area contributed by atoms with Crippen LogP contribution in [0.5, 0.6) is 0 Å². The van der Waals surface area contributed by atoms with Gasteiger partial charge in [0.15, 0.2) is 0 Å². The average Bonchev–Trinajstić information content (AvgIpc) is 2.34. The van der Waals surface area contributed by atoms with E-state index in [0.29, 0.717) is 0 Å². The molecule has 62 valence electrons. The van der Waals surface area contributed by atoms with Crippen LogP contribution >= 0.6 is 11.3 Å². The molecule has 0 fully saturated rings. The van der Waals surface area contributed by atoms with E-state index in [-0.39, 0.29) is 4.88 Å². The molecule has 0 saturated carbocycles. The lowest BCUT2D eigenvalue weighted by Gasteiger charge is -2.01. The van der Waals surface area contributed by atoms with E-state index in [2.05, 4.69) is 4.98 Å². The Bertz CT molecular complexity index is 316. The quantitative estimate of drug-likeness (QED) is 0.649. The van der Waals surface area contributed by atoms with Gasteiger partial charge in [0, 0.05) is 6.20 Å². The summed E-state index contributed by atoms with van der Waals surface area (Å²) in [5.41, 5.74) is -0.501. The van der Waals surface area contributed by atoms with Crippen molar-refractivity contribution in [3.8, 4) is 0 Å². The summed E-state index contributed by atoms with van der Waals surface area (Å²) in [5, 5.41) is 8.88. The topological polar surface area (TPSA) is 87.5 Å². The third-order valence-corrected chi connectivity index (χ3v) is 2.77. The summed E-state index contributed by atoms with van der Waals surface area (Å²) < 4.78 is 29.0. The second-order valence-corrected chi connectivity index (χ2v) is 4.17. The Balaban J connectivity index is 2.97. The van der Waals surface area contributed by atoms with Crippen LogP contribution in [0.4, 0.5) is 0 Å². The molecule has 1 heterocycles. The Morgan fingerprint density at radius 1 is 1.64 bits per heavy atom. The van der Waals surface area contributed by atoms with E-state index >= 15 is 0 Å². The van der Waals surface area contributed by atoms with Gasteiger partial charge in [0.25, 0.3) is 10.1 Å². The van der Waals surface area contributed by atoms with Crippen molar-refractivity contribution in [3.05, 3.63) is 16.6 Å². The van der Waals surface area contributed by atoms with E-state index in [1.807, 2.05) is 0 Å². The summed E-state index contributed by atoms with van der Waals surface area (Å²) in [5.74, 6) is 0. The van der Waals surface area contributed by atoms with Crippen molar-refractivity contribution in [2.75, 3.05) is 0 Å². The Labute approximate surface area is 67.1 Å². The number of hydrogen-bond acceptors (Lipinski definition) is 5. The molecule has 7 heteroatoms.